The summed E-state index contributed by atoms with van der Waals surface area (Å²) in [6.07, 6.45) is 5.98. The standard InChI is InChI=1S/C21H23N5O/c1-25(2)20-23-13-17-8-10-21(18(17)24-20)9-3-11-26(14-21)19(27)16-6-4-15(12-22)5-7-16/h4-7,13H,3,8-11,14H2,1-2H3. The molecular formula is C21H23N5O. The Balaban J connectivity index is 1.61. The van der Waals surface area contributed by atoms with E-state index in [-0.39, 0.29) is 11.3 Å². The van der Waals surface area contributed by atoms with Gasteiger partial charge in [0.05, 0.1) is 17.3 Å². The molecule has 1 amide bonds. The average Bonchev–Trinajstić information content (AvgIpc) is 3.04. The van der Waals surface area contributed by atoms with E-state index in [2.05, 4.69) is 11.1 Å². The molecule has 1 unspecified atom stereocenters. The molecule has 0 bridgehead atoms. The Morgan fingerprint density at radius 2 is 2.04 bits per heavy atom. The van der Waals surface area contributed by atoms with Gasteiger partial charge in [-0.15, -0.1) is 0 Å². The second-order valence-corrected chi connectivity index (χ2v) is 7.74. The molecule has 0 N–H and O–H groups in total. The smallest absolute Gasteiger partial charge is 0.253 e. The molecule has 1 saturated heterocycles. The summed E-state index contributed by atoms with van der Waals surface area (Å²) in [6, 6.07) is 8.99. The Morgan fingerprint density at radius 1 is 1.26 bits per heavy atom. The summed E-state index contributed by atoms with van der Waals surface area (Å²) >= 11 is 0. The van der Waals surface area contributed by atoms with Crippen molar-refractivity contribution in [2.75, 3.05) is 32.1 Å². The number of amides is 1. The van der Waals surface area contributed by atoms with E-state index in [4.69, 9.17) is 10.2 Å². The minimum atomic E-state index is -0.0659. The van der Waals surface area contributed by atoms with Gasteiger partial charge in [0.1, 0.15) is 0 Å². The molecule has 6 heteroatoms. The van der Waals surface area contributed by atoms with E-state index in [1.54, 1.807) is 24.3 Å². The SMILES string of the molecule is CN(C)c1ncc2c(n1)C1(CCCN(C(=O)c3ccc(C#N)cc3)C1)CC2. The number of fused-ring (bicyclic) bond motifs is 2. The van der Waals surface area contributed by atoms with E-state index in [9.17, 15) is 4.79 Å². The van der Waals surface area contributed by atoms with Crippen LogP contribution in [-0.2, 0) is 11.8 Å². The summed E-state index contributed by atoms with van der Waals surface area (Å²) in [5.74, 6) is 0.763. The summed E-state index contributed by atoms with van der Waals surface area (Å²) in [6.45, 7) is 1.46. The number of nitrogens with zero attached hydrogens (tertiary/aromatic N) is 5. The van der Waals surface area contributed by atoms with Gasteiger partial charge < -0.3 is 9.80 Å². The van der Waals surface area contributed by atoms with E-state index in [1.165, 1.54) is 5.56 Å². The van der Waals surface area contributed by atoms with Crippen LogP contribution in [0.4, 0.5) is 5.95 Å². The van der Waals surface area contributed by atoms with Crippen LogP contribution in [0.2, 0.25) is 0 Å². The van der Waals surface area contributed by atoms with Crippen LogP contribution in [0.1, 0.15) is 46.4 Å². The second-order valence-electron chi connectivity index (χ2n) is 7.74. The van der Waals surface area contributed by atoms with Crippen LogP contribution in [0.15, 0.2) is 30.5 Å². The van der Waals surface area contributed by atoms with Gasteiger partial charge in [-0.1, -0.05) is 0 Å². The predicted molar refractivity (Wildman–Crippen MR) is 103 cm³/mol. The van der Waals surface area contributed by atoms with Gasteiger partial charge in [-0.2, -0.15) is 5.26 Å². The third-order valence-electron chi connectivity index (χ3n) is 5.75. The fourth-order valence-corrected chi connectivity index (χ4v) is 4.32. The van der Waals surface area contributed by atoms with Crippen molar-refractivity contribution in [1.82, 2.24) is 14.9 Å². The third kappa shape index (κ3) is 3.03. The van der Waals surface area contributed by atoms with E-state index in [1.807, 2.05) is 30.1 Å². The summed E-state index contributed by atoms with van der Waals surface area (Å²) in [5, 5.41) is 8.95. The lowest BCUT2D eigenvalue weighted by Crippen LogP contribution is -2.48. The Morgan fingerprint density at radius 3 is 2.74 bits per heavy atom. The monoisotopic (exact) mass is 361 g/mol. The van der Waals surface area contributed by atoms with Crippen LogP contribution in [0.25, 0.3) is 0 Å². The van der Waals surface area contributed by atoms with Crippen molar-refractivity contribution in [1.29, 1.82) is 5.26 Å². The van der Waals surface area contributed by atoms with Crippen molar-refractivity contribution >= 4 is 11.9 Å². The first-order chi connectivity index (χ1) is 13.0. The maximum Gasteiger partial charge on any atom is 0.253 e. The number of carbonyl (C=O) groups excluding carboxylic acids is 1. The number of aromatic nitrogens is 2. The molecule has 2 aromatic rings. The van der Waals surface area contributed by atoms with Gasteiger partial charge >= 0.3 is 0 Å². The molecule has 0 saturated carbocycles. The molecular weight excluding hydrogens is 338 g/mol. The van der Waals surface area contributed by atoms with Crippen molar-refractivity contribution in [2.24, 2.45) is 0 Å². The Kier molecular flexibility index (Phi) is 4.31. The van der Waals surface area contributed by atoms with Gasteiger partial charge in [0.2, 0.25) is 5.95 Å². The van der Waals surface area contributed by atoms with Gasteiger partial charge in [-0.3, -0.25) is 4.79 Å². The molecule has 1 fully saturated rings. The molecule has 1 aromatic carbocycles. The summed E-state index contributed by atoms with van der Waals surface area (Å²) in [5.41, 5.74) is 3.48. The Bertz CT molecular complexity index is 911. The second kappa shape index (κ2) is 6.66. The number of anilines is 1. The number of hydrogen-bond acceptors (Lipinski definition) is 5. The summed E-state index contributed by atoms with van der Waals surface area (Å²) < 4.78 is 0. The number of rotatable bonds is 2. The molecule has 1 atom stereocenters. The number of benzene rings is 1. The fourth-order valence-electron chi connectivity index (χ4n) is 4.32. The molecule has 4 rings (SSSR count). The topological polar surface area (TPSA) is 73.1 Å². The highest BCUT2D eigenvalue weighted by molar-refractivity contribution is 5.94. The molecule has 1 aliphatic heterocycles. The zero-order valence-electron chi connectivity index (χ0n) is 15.8. The first kappa shape index (κ1) is 17.5. The van der Waals surface area contributed by atoms with Crippen LogP contribution in [0, 0.1) is 11.3 Å². The quantitative estimate of drug-likeness (QED) is 0.822. The summed E-state index contributed by atoms with van der Waals surface area (Å²) in [7, 11) is 3.90. The molecule has 2 aliphatic rings. The molecule has 1 spiro atoms. The van der Waals surface area contributed by atoms with Crippen LogP contribution in [0.3, 0.4) is 0 Å². The van der Waals surface area contributed by atoms with Crippen LogP contribution in [0.5, 0.6) is 0 Å². The lowest BCUT2D eigenvalue weighted by molar-refractivity contribution is 0.0633. The van der Waals surface area contributed by atoms with Crippen molar-refractivity contribution < 1.29 is 4.79 Å². The number of likely N-dealkylation sites (tertiary alicyclic amines) is 1. The largest absolute Gasteiger partial charge is 0.347 e. The highest BCUT2D eigenvalue weighted by Crippen LogP contribution is 2.44. The highest BCUT2D eigenvalue weighted by Gasteiger charge is 2.44. The molecule has 0 radical (unpaired) electrons. The fraction of sp³-hybridized carbons (Fsp3) is 0.429. The zero-order chi connectivity index (χ0) is 19.0. The number of hydrogen-bond donors (Lipinski definition) is 0. The van der Waals surface area contributed by atoms with Crippen LogP contribution in [-0.4, -0.2) is 48.0 Å². The van der Waals surface area contributed by atoms with Gasteiger partial charge in [-0.25, -0.2) is 9.97 Å². The predicted octanol–water partition coefficient (Wildman–Crippen LogP) is 2.53. The molecule has 2 heterocycles. The molecule has 1 aromatic heterocycles. The molecule has 27 heavy (non-hydrogen) atoms. The maximum atomic E-state index is 13.0. The lowest BCUT2D eigenvalue weighted by atomic mass is 9.77. The first-order valence-electron chi connectivity index (χ1n) is 9.36. The minimum absolute atomic E-state index is 0.0360. The third-order valence-corrected chi connectivity index (χ3v) is 5.75. The van der Waals surface area contributed by atoms with Gasteiger partial charge in [0.15, 0.2) is 0 Å². The number of aryl methyl sites for hydroxylation is 1. The van der Waals surface area contributed by atoms with E-state index in [0.717, 1.165) is 43.9 Å². The number of nitriles is 1. The van der Waals surface area contributed by atoms with Crippen molar-refractivity contribution in [3.05, 3.63) is 52.8 Å². The Labute approximate surface area is 159 Å². The average molecular weight is 361 g/mol. The number of carbonyl (C=O) groups is 1. The molecule has 138 valence electrons. The Hall–Kier alpha value is -2.94. The number of piperidine rings is 1. The van der Waals surface area contributed by atoms with Gasteiger partial charge in [0, 0.05) is 44.4 Å². The van der Waals surface area contributed by atoms with Gasteiger partial charge in [-0.05, 0) is 55.5 Å². The zero-order valence-corrected chi connectivity index (χ0v) is 15.8. The van der Waals surface area contributed by atoms with Gasteiger partial charge in [0.25, 0.3) is 5.91 Å². The van der Waals surface area contributed by atoms with Crippen molar-refractivity contribution in [2.45, 2.75) is 31.1 Å². The van der Waals surface area contributed by atoms with E-state index < -0.39 is 0 Å². The molecule has 6 nitrogen and oxygen atoms in total. The van der Waals surface area contributed by atoms with Crippen molar-refractivity contribution in [3.63, 3.8) is 0 Å². The summed E-state index contributed by atoms with van der Waals surface area (Å²) in [4.78, 5) is 26.2. The van der Waals surface area contributed by atoms with E-state index in [0.29, 0.717) is 17.7 Å². The van der Waals surface area contributed by atoms with E-state index >= 15 is 0 Å². The normalized spacial score (nSPS) is 21.0. The van der Waals surface area contributed by atoms with Crippen molar-refractivity contribution in [3.8, 4) is 6.07 Å². The first-order valence-corrected chi connectivity index (χ1v) is 9.36. The molecule has 1 aliphatic carbocycles. The van der Waals surface area contributed by atoms with Crippen LogP contribution >= 0.6 is 0 Å². The highest BCUT2D eigenvalue weighted by atomic mass is 16.2. The van der Waals surface area contributed by atoms with Crippen LogP contribution < -0.4 is 4.90 Å². The lowest BCUT2D eigenvalue weighted by Gasteiger charge is -2.40. The maximum absolute atomic E-state index is 13.0. The minimum Gasteiger partial charge on any atom is -0.347 e.